The van der Waals surface area contributed by atoms with Crippen LogP contribution >= 0.6 is 0 Å². The highest BCUT2D eigenvalue weighted by atomic mass is 16.6. The van der Waals surface area contributed by atoms with Crippen molar-refractivity contribution >= 4 is 11.6 Å². The summed E-state index contributed by atoms with van der Waals surface area (Å²) in [6.45, 7) is 1.43. The van der Waals surface area contributed by atoms with E-state index in [1.54, 1.807) is 31.3 Å². The number of aromatic nitrogens is 2. The minimum atomic E-state index is -0.228. The van der Waals surface area contributed by atoms with Gasteiger partial charge in [-0.1, -0.05) is 5.16 Å². The lowest BCUT2D eigenvalue weighted by Gasteiger charge is -2.22. The lowest BCUT2D eigenvalue weighted by atomic mass is 10.1. The molecule has 3 aromatic rings. The number of hydrogen-bond acceptors (Lipinski definition) is 9. The van der Waals surface area contributed by atoms with Crippen LogP contribution in [0.3, 0.4) is 0 Å². The monoisotopic (exact) mass is 453 g/mol. The zero-order chi connectivity index (χ0) is 22.9. The van der Waals surface area contributed by atoms with Gasteiger partial charge in [0.15, 0.2) is 23.0 Å². The maximum Gasteiger partial charge on any atom is 0.232 e. The summed E-state index contributed by atoms with van der Waals surface area (Å²) in [6, 6.07) is 8.99. The van der Waals surface area contributed by atoms with Crippen LogP contribution < -0.4 is 28.6 Å². The number of fused-ring (bicyclic) bond motifs is 1. The predicted molar refractivity (Wildman–Crippen MR) is 117 cm³/mol. The molecule has 1 saturated heterocycles. The molecule has 33 heavy (non-hydrogen) atoms. The highest BCUT2D eigenvalue weighted by molar-refractivity contribution is 5.96. The SMILES string of the molecule is COc1cc(-c2noc(C3CC(=O)N(c4ccc5c(c4)OCCO5)C3)n2)cc(OC)c1OC. The van der Waals surface area contributed by atoms with Gasteiger partial charge in [-0.05, 0) is 24.3 Å². The van der Waals surface area contributed by atoms with E-state index in [1.807, 2.05) is 18.2 Å². The maximum absolute atomic E-state index is 12.8. The normalized spacial score (nSPS) is 17.2. The lowest BCUT2D eigenvalue weighted by molar-refractivity contribution is -0.117. The van der Waals surface area contributed by atoms with Crippen molar-refractivity contribution in [3.63, 3.8) is 0 Å². The summed E-state index contributed by atoms with van der Waals surface area (Å²) >= 11 is 0. The number of anilines is 1. The van der Waals surface area contributed by atoms with E-state index in [4.69, 9.17) is 28.2 Å². The van der Waals surface area contributed by atoms with E-state index in [1.165, 1.54) is 7.11 Å². The van der Waals surface area contributed by atoms with Crippen LogP contribution in [0.25, 0.3) is 11.4 Å². The molecule has 0 N–H and O–H groups in total. The molecule has 0 bridgehead atoms. The molecule has 1 fully saturated rings. The Labute approximate surface area is 189 Å². The molecule has 10 heteroatoms. The first kappa shape index (κ1) is 20.9. The fraction of sp³-hybridized carbons (Fsp3) is 0.348. The molecule has 0 spiro atoms. The van der Waals surface area contributed by atoms with Crippen LogP contribution in [0.15, 0.2) is 34.9 Å². The largest absolute Gasteiger partial charge is 0.493 e. The standard InChI is InChI=1S/C23H23N3O7/c1-28-18-8-13(9-19(29-2)21(18)30-3)22-24-23(33-25-22)14-10-20(27)26(12-14)15-4-5-16-17(11-15)32-7-6-31-16/h4-5,8-9,11,14H,6-7,10,12H2,1-3H3. The third-order valence-electron chi connectivity index (χ3n) is 5.68. The molecule has 1 aromatic heterocycles. The predicted octanol–water partition coefficient (Wildman–Crippen LogP) is 3.05. The van der Waals surface area contributed by atoms with Crippen molar-refractivity contribution < 1.29 is 33.0 Å². The molecule has 2 aromatic carbocycles. The fourth-order valence-electron chi connectivity index (χ4n) is 4.05. The van der Waals surface area contributed by atoms with Gasteiger partial charge in [0, 0.05) is 30.3 Å². The van der Waals surface area contributed by atoms with E-state index in [-0.39, 0.29) is 18.2 Å². The smallest absolute Gasteiger partial charge is 0.232 e. The van der Waals surface area contributed by atoms with Crippen molar-refractivity contribution in [1.29, 1.82) is 0 Å². The average molecular weight is 453 g/mol. The van der Waals surface area contributed by atoms with Crippen molar-refractivity contribution in [2.45, 2.75) is 12.3 Å². The van der Waals surface area contributed by atoms with Crippen molar-refractivity contribution in [3.05, 3.63) is 36.2 Å². The van der Waals surface area contributed by atoms with Crippen LogP contribution in [0.1, 0.15) is 18.2 Å². The van der Waals surface area contributed by atoms with E-state index in [2.05, 4.69) is 10.1 Å². The van der Waals surface area contributed by atoms with Gasteiger partial charge in [0.1, 0.15) is 13.2 Å². The number of carbonyl (C=O) groups excluding carboxylic acids is 1. The molecular weight excluding hydrogens is 430 g/mol. The van der Waals surface area contributed by atoms with Gasteiger partial charge in [0.25, 0.3) is 0 Å². The average Bonchev–Trinajstić information content (AvgIpc) is 3.49. The Kier molecular flexibility index (Phi) is 5.41. The first-order valence-corrected chi connectivity index (χ1v) is 10.4. The van der Waals surface area contributed by atoms with E-state index in [9.17, 15) is 4.79 Å². The summed E-state index contributed by atoms with van der Waals surface area (Å²) < 4.78 is 32.9. The Hall–Kier alpha value is -3.95. The first-order chi connectivity index (χ1) is 16.1. The summed E-state index contributed by atoms with van der Waals surface area (Å²) in [5.41, 5.74) is 1.39. The number of nitrogens with zero attached hydrogens (tertiary/aromatic N) is 3. The van der Waals surface area contributed by atoms with Crippen LogP contribution in [0, 0.1) is 0 Å². The highest BCUT2D eigenvalue weighted by Crippen LogP contribution is 2.41. The quantitative estimate of drug-likeness (QED) is 0.557. The Morgan fingerprint density at radius 2 is 1.70 bits per heavy atom. The molecular formula is C23H23N3O7. The van der Waals surface area contributed by atoms with Crippen LogP contribution in [0.5, 0.6) is 28.7 Å². The molecule has 3 heterocycles. The van der Waals surface area contributed by atoms with Crippen molar-refractivity contribution in [1.82, 2.24) is 10.1 Å². The van der Waals surface area contributed by atoms with E-state index < -0.39 is 0 Å². The molecule has 0 radical (unpaired) electrons. The summed E-state index contributed by atoms with van der Waals surface area (Å²) in [6.07, 6.45) is 0.269. The second-order valence-corrected chi connectivity index (χ2v) is 7.60. The number of ether oxygens (including phenoxy) is 5. The molecule has 172 valence electrons. The zero-order valence-electron chi connectivity index (χ0n) is 18.5. The van der Waals surface area contributed by atoms with Crippen LogP contribution in [0.4, 0.5) is 5.69 Å². The number of benzene rings is 2. The molecule has 1 atom stereocenters. The number of amides is 1. The minimum absolute atomic E-state index is 0.0239. The second kappa shape index (κ2) is 8.53. The van der Waals surface area contributed by atoms with Gasteiger partial charge in [-0.25, -0.2) is 0 Å². The molecule has 1 unspecified atom stereocenters. The van der Waals surface area contributed by atoms with E-state index in [0.29, 0.717) is 65.8 Å². The molecule has 2 aliphatic heterocycles. The minimum Gasteiger partial charge on any atom is -0.493 e. The topological polar surface area (TPSA) is 105 Å². The van der Waals surface area contributed by atoms with Gasteiger partial charge in [0.05, 0.1) is 27.2 Å². The number of hydrogen-bond donors (Lipinski definition) is 0. The molecule has 5 rings (SSSR count). The molecule has 2 aliphatic rings. The van der Waals surface area contributed by atoms with Gasteiger partial charge >= 0.3 is 0 Å². The van der Waals surface area contributed by atoms with Crippen LogP contribution in [-0.2, 0) is 4.79 Å². The molecule has 0 saturated carbocycles. The van der Waals surface area contributed by atoms with Gasteiger partial charge in [0.2, 0.25) is 23.4 Å². The summed E-state index contributed by atoms with van der Waals surface area (Å²) in [5, 5.41) is 4.11. The number of carbonyl (C=O) groups is 1. The molecule has 0 aliphatic carbocycles. The first-order valence-electron chi connectivity index (χ1n) is 10.4. The summed E-state index contributed by atoms with van der Waals surface area (Å²) in [5.74, 6) is 3.28. The Balaban J connectivity index is 1.38. The van der Waals surface area contributed by atoms with Gasteiger partial charge in [-0.2, -0.15) is 4.98 Å². The maximum atomic E-state index is 12.8. The third kappa shape index (κ3) is 3.77. The highest BCUT2D eigenvalue weighted by Gasteiger charge is 2.36. The Morgan fingerprint density at radius 1 is 0.970 bits per heavy atom. The number of methoxy groups -OCH3 is 3. The van der Waals surface area contributed by atoms with Gasteiger partial charge in [-0.15, -0.1) is 0 Å². The number of rotatable bonds is 6. The van der Waals surface area contributed by atoms with Crippen molar-refractivity contribution in [2.75, 3.05) is 46.0 Å². The van der Waals surface area contributed by atoms with Crippen LogP contribution in [0.2, 0.25) is 0 Å². The Bertz CT molecular complexity index is 1170. The Morgan fingerprint density at radius 3 is 2.39 bits per heavy atom. The van der Waals surface area contributed by atoms with Gasteiger partial charge in [-0.3, -0.25) is 4.79 Å². The molecule has 10 nitrogen and oxygen atoms in total. The zero-order valence-corrected chi connectivity index (χ0v) is 18.5. The van der Waals surface area contributed by atoms with E-state index >= 15 is 0 Å². The molecule has 1 amide bonds. The summed E-state index contributed by atoms with van der Waals surface area (Å²) in [7, 11) is 4.62. The van der Waals surface area contributed by atoms with Crippen molar-refractivity contribution in [2.24, 2.45) is 0 Å². The summed E-state index contributed by atoms with van der Waals surface area (Å²) in [4.78, 5) is 19.0. The van der Waals surface area contributed by atoms with Crippen molar-refractivity contribution in [3.8, 4) is 40.1 Å². The van der Waals surface area contributed by atoms with Gasteiger partial charge < -0.3 is 33.1 Å². The second-order valence-electron chi connectivity index (χ2n) is 7.60. The van der Waals surface area contributed by atoms with E-state index in [0.717, 1.165) is 5.69 Å². The fourth-order valence-corrected chi connectivity index (χ4v) is 4.05. The van der Waals surface area contributed by atoms with Crippen LogP contribution in [-0.4, -0.2) is 57.1 Å². The lowest BCUT2D eigenvalue weighted by Crippen LogP contribution is -2.24. The third-order valence-corrected chi connectivity index (χ3v) is 5.68.